The highest BCUT2D eigenvalue weighted by Crippen LogP contribution is 2.27. The van der Waals surface area contributed by atoms with Gasteiger partial charge in [-0.2, -0.15) is 8.78 Å². The lowest BCUT2D eigenvalue weighted by atomic mass is 9.95. The van der Waals surface area contributed by atoms with Gasteiger partial charge in [0.05, 0.1) is 10.6 Å². The number of anilines is 1. The van der Waals surface area contributed by atoms with E-state index < -0.39 is 32.3 Å². The van der Waals surface area contributed by atoms with E-state index in [9.17, 15) is 26.8 Å². The molecular weight excluding hydrogens is 426 g/mol. The number of nitrogens with one attached hydrogen (secondary N) is 1. The van der Waals surface area contributed by atoms with E-state index in [0.29, 0.717) is 25.9 Å². The van der Waals surface area contributed by atoms with Crippen LogP contribution in [0.1, 0.15) is 18.4 Å². The number of halogens is 2. The van der Waals surface area contributed by atoms with Crippen molar-refractivity contribution in [1.82, 2.24) is 4.90 Å². The summed E-state index contributed by atoms with van der Waals surface area (Å²) in [6, 6.07) is 14.5. The summed E-state index contributed by atoms with van der Waals surface area (Å²) in [5, 5.41) is 2.46. The quantitative estimate of drug-likeness (QED) is 0.685. The Morgan fingerprint density at radius 3 is 2.26 bits per heavy atom. The molecule has 0 spiro atoms. The number of hydrogen-bond donors (Lipinski definition) is 1. The van der Waals surface area contributed by atoms with Crippen LogP contribution in [-0.4, -0.2) is 44.0 Å². The van der Waals surface area contributed by atoms with Crippen molar-refractivity contribution in [3.63, 3.8) is 0 Å². The number of rotatable bonds is 6. The maximum Gasteiger partial charge on any atom is 0.341 e. The van der Waals surface area contributed by atoms with E-state index in [4.69, 9.17) is 0 Å². The predicted octanol–water partition coefficient (Wildman–Crippen LogP) is 3.57. The number of carbonyl (C=O) groups excluding carboxylic acids is 2. The molecule has 0 aliphatic carbocycles. The van der Waals surface area contributed by atoms with Gasteiger partial charge in [-0.05, 0) is 36.6 Å². The first-order valence-electron chi connectivity index (χ1n) is 9.73. The van der Waals surface area contributed by atoms with E-state index in [1.807, 2.05) is 30.3 Å². The van der Waals surface area contributed by atoms with Crippen molar-refractivity contribution in [2.75, 3.05) is 18.4 Å². The van der Waals surface area contributed by atoms with Crippen LogP contribution in [0.3, 0.4) is 0 Å². The molecule has 6 nitrogen and oxygen atoms in total. The molecule has 0 aromatic heterocycles. The van der Waals surface area contributed by atoms with E-state index >= 15 is 0 Å². The van der Waals surface area contributed by atoms with Crippen molar-refractivity contribution in [3.05, 3.63) is 66.2 Å². The number of hydrogen-bond acceptors (Lipinski definition) is 4. The molecule has 2 aromatic carbocycles. The van der Waals surface area contributed by atoms with Crippen molar-refractivity contribution in [1.29, 1.82) is 0 Å². The maximum absolute atomic E-state index is 12.9. The Kier molecular flexibility index (Phi) is 7.17. The van der Waals surface area contributed by atoms with Gasteiger partial charge in [0, 0.05) is 25.1 Å². The monoisotopic (exact) mass is 448 g/mol. The molecule has 1 N–H and O–H groups in total. The van der Waals surface area contributed by atoms with Crippen LogP contribution in [0.2, 0.25) is 0 Å². The van der Waals surface area contributed by atoms with Crippen LogP contribution in [-0.2, 0) is 19.4 Å². The molecule has 9 heteroatoms. The van der Waals surface area contributed by atoms with E-state index in [-0.39, 0.29) is 11.6 Å². The standard InChI is InChI=1S/C22H22F2N2O4S/c23-22(24)31(29,30)19-9-5-4-8-18(19)25-21(28)17-12-14-26(15-13-17)20(27)11-10-16-6-2-1-3-7-16/h1-11,17,22H,12-15H2,(H,25,28)/b11-10+. The van der Waals surface area contributed by atoms with Gasteiger partial charge in [0.25, 0.3) is 0 Å². The summed E-state index contributed by atoms with van der Waals surface area (Å²) >= 11 is 0. The zero-order chi connectivity index (χ0) is 22.4. The Morgan fingerprint density at radius 1 is 1.00 bits per heavy atom. The highest BCUT2D eigenvalue weighted by atomic mass is 32.2. The summed E-state index contributed by atoms with van der Waals surface area (Å²) in [6.07, 6.45) is 3.99. The summed E-state index contributed by atoms with van der Waals surface area (Å²) in [4.78, 5) is 26.0. The molecule has 1 aliphatic rings. The second kappa shape index (κ2) is 9.82. The van der Waals surface area contributed by atoms with E-state index in [2.05, 4.69) is 5.32 Å². The highest BCUT2D eigenvalue weighted by Gasteiger charge is 2.31. The number of alkyl halides is 2. The molecule has 2 aromatic rings. The third kappa shape index (κ3) is 5.55. The summed E-state index contributed by atoms with van der Waals surface area (Å²) in [6.45, 7) is 0.736. The Balaban J connectivity index is 1.59. The molecule has 0 unspecified atom stereocenters. The summed E-state index contributed by atoms with van der Waals surface area (Å²) in [5.74, 6) is -4.65. The lowest BCUT2D eigenvalue weighted by Crippen LogP contribution is -2.40. The number of likely N-dealkylation sites (tertiary alicyclic amines) is 1. The Labute approximate surface area is 179 Å². The summed E-state index contributed by atoms with van der Waals surface area (Å²) in [7, 11) is -4.84. The number of sulfone groups is 1. The molecular formula is C22H22F2N2O4S. The lowest BCUT2D eigenvalue weighted by Gasteiger charge is -2.30. The largest absolute Gasteiger partial charge is 0.341 e. The van der Waals surface area contributed by atoms with Gasteiger partial charge in [-0.1, -0.05) is 42.5 Å². The van der Waals surface area contributed by atoms with Gasteiger partial charge in [0.2, 0.25) is 21.7 Å². The molecule has 1 saturated heterocycles. The molecule has 0 atom stereocenters. The maximum atomic E-state index is 12.9. The molecule has 31 heavy (non-hydrogen) atoms. The molecule has 0 saturated carbocycles. The summed E-state index contributed by atoms with van der Waals surface area (Å²) < 4.78 is 49.5. The number of para-hydroxylation sites is 1. The van der Waals surface area contributed by atoms with Crippen LogP contribution >= 0.6 is 0 Å². The van der Waals surface area contributed by atoms with E-state index in [1.165, 1.54) is 24.3 Å². The van der Waals surface area contributed by atoms with Gasteiger partial charge >= 0.3 is 5.76 Å². The first-order chi connectivity index (χ1) is 14.8. The van der Waals surface area contributed by atoms with Gasteiger partial charge in [-0.25, -0.2) is 8.42 Å². The Morgan fingerprint density at radius 2 is 1.61 bits per heavy atom. The van der Waals surface area contributed by atoms with Crippen molar-refractivity contribution >= 4 is 33.4 Å². The third-order valence-electron chi connectivity index (χ3n) is 5.08. The Bertz CT molecular complexity index is 1060. The zero-order valence-corrected chi connectivity index (χ0v) is 17.4. The average Bonchev–Trinajstić information content (AvgIpc) is 2.78. The zero-order valence-electron chi connectivity index (χ0n) is 16.6. The van der Waals surface area contributed by atoms with Crippen molar-refractivity contribution in [2.24, 2.45) is 5.92 Å². The fourth-order valence-corrected chi connectivity index (χ4v) is 4.23. The Hall–Kier alpha value is -3.07. The molecule has 0 radical (unpaired) electrons. The molecule has 3 rings (SSSR count). The second-order valence-electron chi connectivity index (χ2n) is 7.13. The number of nitrogens with zero attached hydrogens (tertiary/aromatic N) is 1. The van der Waals surface area contributed by atoms with Crippen LogP contribution in [0.25, 0.3) is 6.08 Å². The van der Waals surface area contributed by atoms with E-state index in [0.717, 1.165) is 11.6 Å². The van der Waals surface area contributed by atoms with Crippen LogP contribution in [0.5, 0.6) is 0 Å². The van der Waals surface area contributed by atoms with Gasteiger partial charge < -0.3 is 10.2 Å². The average molecular weight is 448 g/mol. The molecule has 1 heterocycles. The number of carbonyl (C=O) groups is 2. The number of amides is 2. The van der Waals surface area contributed by atoms with Gasteiger partial charge in [-0.3, -0.25) is 9.59 Å². The molecule has 164 valence electrons. The number of benzene rings is 2. The lowest BCUT2D eigenvalue weighted by molar-refractivity contribution is -0.130. The summed E-state index contributed by atoms with van der Waals surface area (Å²) in [5.41, 5.74) is 0.736. The second-order valence-corrected chi connectivity index (χ2v) is 9.02. The number of piperidine rings is 1. The van der Waals surface area contributed by atoms with Gasteiger partial charge in [-0.15, -0.1) is 0 Å². The molecule has 2 amide bonds. The van der Waals surface area contributed by atoms with Crippen LogP contribution in [0.15, 0.2) is 65.6 Å². The molecule has 1 fully saturated rings. The van der Waals surface area contributed by atoms with Crippen LogP contribution in [0.4, 0.5) is 14.5 Å². The first kappa shape index (κ1) is 22.6. The SMILES string of the molecule is O=C(Nc1ccccc1S(=O)(=O)C(F)F)C1CCN(C(=O)/C=C/c2ccccc2)CC1. The molecule has 1 aliphatic heterocycles. The predicted molar refractivity (Wildman–Crippen MR) is 113 cm³/mol. The van der Waals surface area contributed by atoms with Gasteiger partial charge in [0.1, 0.15) is 0 Å². The third-order valence-corrected chi connectivity index (χ3v) is 6.52. The van der Waals surface area contributed by atoms with Crippen LogP contribution < -0.4 is 5.32 Å². The minimum atomic E-state index is -4.84. The topological polar surface area (TPSA) is 83.6 Å². The van der Waals surface area contributed by atoms with Crippen molar-refractivity contribution in [3.8, 4) is 0 Å². The fraction of sp³-hybridized carbons (Fsp3) is 0.273. The minimum absolute atomic E-state index is 0.156. The van der Waals surface area contributed by atoms with E-state index in [1.54, 1.807) is 11.0 Å². The van der Waals surface area contributed by atoms with Crippen molar-refractivity contribution in [2.45, 2.75) is 23.5 Å². The smallest absolute Gasteiger partial charge is 0.339 e. The van der Waals surface area contributed by atoms with Gasteiger partial charge in [0.15, 0.2) is 0 Å². The highest BCUT2D eigenvalue weighted by molar-refractivity contribution is 7.91. The van der Waals surface area contributed by atoms with Crippen LogP contribution in [0, 0.1) is 5.92 Å². The molecule has 0 bridgehead atoms. The normalized spacial score (nSPS) is 15.4. The fourth-order valence-electron chi connectivity index (χ4n) is 3.35. The van der Waals surface area contributed by atoms with Crippen molar-refractivity contribution < 1.29 is 26.8 Å². The minimum Gasteiger partial charge on any atom is -0.339 e. The first-order valence-corrected chi connectivity index (χ1v) is 11.3.